The Morgan fingerprint density at radius 3 is 2.63 bits per heavy atom. The molecular weight excluding hydrogens is 248 g/mol. The van der Waals surface area contributed by atoms with Crippen LogP contribution in [0.4, 0.5) is 0 Å². The van der Waals surface area contributed by atoms with E-state index in [0.29, 0.717) is 45.8 Å². The molecule has 19 heavy (non-hydrogen) atoms. The van der Waals surface area contributed by atoms with Crippen LogP contribution in [0.5, 0.6) is 0 Å². The standard InChI is InChI=1S/C12H18N4O3/c13-8-11(9-14-2-1-3-15-10-17)12(18)16-4-6-19-7-5-16/h9-10,14H,1-7H2,(H,15,17)/b11-9-. The molecule has 0 spiro atoms. The van der Waals surface area contributed by atoms with Crippen LogP contribution in [0.3, 0.4) is 0 Å². The predicted octanol–water partition coefficient (Wildman–Crippen LogP) is -1.02. The molecule has 0 atom stereocenters. The Hall–Kier alpha value is -2.07. The molecule has 1 aliphatic heterocycles. The Morgan fingerprint density at radius 1 is 1.32 bits per heavy atom. The largest absolute Gasteiger partial charge is 0.390 e. The molecule has 1 aliphatic rings. The molecule has 7 heteroatoms. The minimum Gasteiger partial charge on any atom is -0.390 e. The van der Waals surface area contributed by atoms with E-state index in [0.717, 1.165) is 6.42 Å². The summed E-state index contributed by atoms with van der Waals surface area (Å²) < 4.78 is 5.15. The summed E-state index contributed by atoms with van der Waals surface area (Å²) in [4.78, 5) is 23.6. The molecule has 7 nitrogen and oxygen atoms in total. The number of carbonyl (C=O) groups excluding carboxylic acids is 2. The van der Waals surface area contributed by atoms with E-state index in [4.69, 9.17) is 10.00 Å². The number of rotatable bonds is 7. The highest BCUT2D eigenvalue weighted by atomic mass is 16.5. The molecule has 0 aromatic heterocycles. The summed E-state index contributed by atoms with van der Waals surface area (Å²) in [6, 6.07) is 1.90. The highest BCUT2D eigenvalue weighted by Crippen LogP contribution is 2.03. The molecular formula is C12H18N4O3. The topological polar surface area (TPSA) is 94.5 Å². The molecule has 0 aromatic rings. The van der Waals surface area contributed by atoms with Crippen molar-refractivity contribution < 1.29 is 14.3 Å². The zero-order chi connectivity index (χ0) is 13.9. The van der Waals surface area contributed by atoms with Crippen LogP contribution in [0.25, 0.3) is 0 Å². The Morgan fingerprint density at radius 2 is 2.00 bits per heavy atom. The van der Waals surface area contributed by atoms with Crippen LogP contribution < -0.4 is 10.6 Å². The van der Waals surface area contributed by atoms with Gasteiger partial charge in [0.2, 0.25) is 6.41 Å². The maximum atomic E-state index is 12.0. The molecule has 104 valence electrons. The second kappa shape index (κ2) is 8.94. The molecule has 0 bridgehead atoms. The number of nitriles is 1. The van der Waals surface area contributed by atoms with Crippen molar-refractivity contribution in [2.45, 2.75) is 6.42 Å². The van der Waals surface area contributed by atoms with E-state index < -0.39 is 0 Å². The summed E-state index contributed by atoms with van der Waals surface area (Å²) in [5.41, 5.74) is 0.0882. The minimum absolute atomic E-state index is 0.0882. The summed E-state index contributed by atoms with van der Waals surface area (Å²) in [7, 11) is 0. The van der Waals surface area contributed by atoms with E-state index in [2.05, 4.69) is 10.6 Å². The molecule has 0 aromatic carbocycles. The van der Waals surface area contributed by atoms with Crippen LogP contribution in [0.15, 0.2) is 11.8 Å². The Balaban J connectivity index is 2.36. The lowest BCUT2D eigenvalue weighted by molar-refractivity contribution is -0.130. The minimum atomic E-state index is -0.274. The molecule has 2 N–H and O–H groups in total. The number of nitrogens with one attached hydrogen (secondary N) is 2. The van der Waals surface area contributed by atoms with Crippen molar-refractivity contribution in [2.75, 3.05) is 39.4 Å². The molecule has 2 amide bonds. The van der Waals surface area contributed by atoms with E-state index in [9.17, 15) is 9.59 Å². The van der Waals surface area contributed by atoms with Gasteiger partial charge in [-0.05, 0) is 6.42 Å². The van der Waals surface area contributed by atoms with Crippen LogP contribution in [-0.4, -0.2) is 56.6 Å². The van der Waals surface area contributed by atoms with Gasteiger partial charge in [-0.25, -0.2) is 0 Å². The lowest BCUT2D eigenvalue weighted by Crippen LogP contribution is -2.41. The van der Waals surface area contributed by atoms with Gasteiger partial charge in [-0.1, -0.05) is 0 Å². The van der Waals surface area contributed by atoms with Crippen LogP contribution in [0.1, 0.15) is 6.42 Å². The number of hydrogen-bond donors (Lipinski definition) is 2. The molecule has 1 rings (SSSR count). The summed E-state index contributed by atoms with van der Waals surface area (Å²) in [6.45, 7) is 3.19. The van der Waals surface area contributed by atoms with Crippen LogP contribution >= 0.6 is 0 Å². The number of ether oxygens (including phenoxy) is 1. The normalized spacial score (nSPS) is 15.5. The second-order valence-corrected chi connectivity index (χ2v) is 3.95. The molecule has 0 saturated carbocycles. The lowest BCUT2D eigenvalue weighted by atomic mass is 10.2. The van der Waals surface area contributed by atoms with Gasteiger partial charge >= 0.3 is 0 Å². The fraction of sp³-hybridized carbons (Fsp3) is 0.583. The molecule has 1 heterocycles. The number of carbonyl (C=O) groups is 2. The van der Waals surface area contributed by atoms with E-state index in [1.807, 2.05) is 6.07 Å². The quantitative estimate of drug-likeness (QED) is 0.266. The summed E-state index contributed by atoms with van der Waals surface area (Å²) in [5, 5.41) is 14.4. The van der Waals surface area contributed by atoms with Crippen LogP contribution in [0.2, 0.25) is 0 Å². The van der Waals surface area contributed by atoms with Crippen molar-refractivity contribution in [2.24, 2.45) is 0 Å². The zero-order valence-electron chi connectivity index (χ0n) is 10.7. The smallest absolute Gasteiger partial charge is 0.266 e. The lowest BCUT2D eigenvalue weighted by Gasteiger charge is -2.26. The van der Waals surface area contributed by atoms with Gasteiger partial charge in [0.05, 0.1) is 13.2 Å². The summed E-state index contributed by atoms with van der Waals surface area (Å²) in [5.74, 6) is -0.274. The van der Waals surface area contributed by atoms with Crippen molar-refractivity contribution >= 4 is 12.3 Å². The average molecular weight is 266 g/mol. The van der Waals surface area contributed by atoms with E-state index >= 15 is 0 Å². The van der Waals surface area contributed by atoms with Gasteiger partial charge in [0, 0.05) is 32.4 Å². The highest BCUT2D eigenvalue weighted by Gasteiger charge is 2.20. The van der Waals surface area contributed by atoms with Gasteiger partial charge < -0.3 is 20.3 Å². The van der Waals surface area contributed by atoms with Crippen molar-refractivity contribution in [1.29, 1.82) is 5.26 Å². The average Bonchev–Trinajstić information content (AvgIpc) is 2.47. The van der Waals surface area contributed by atoms with Gasteiger partial charge in [-0.15, -0.1) is 0 Å². The third kappa shape index (κ3) is 5.40. The maximum absolute atomic E-state index is 12.0. The van der Waals surface area contributed by atoms with Gasteiger partial charge in [-0.2, -0.15) is 5.26 Å². The zero-order valence-corrected chi connectivity index (χ0v) is 10.7. The van der Waals surface area contributed by atoms with E-state index in [-0.39, 0.29) is 11.5 Å². The van der Waals surface area contributed by atoms with Crippen LogP contribution in [0, 0.1) is 11.3 Å². The SMILES string of the molecule is N#C/C(=C/NCCCNC=O)C(=O)N1CCOCC1. The first-order valence-corrected chi connectivity index (χ1v) is 6.17. The fourth-order valence-electron chi connectivity index (χ4n) is 1.60. The Kier molecular flexibility index (Phi) is 7.05. The molecule has 0 unspecified atom stereocenters. The first-order chi connectivity index (χ1) is 9.29. The summed E-state index contributed by atoms with van der Waals surface area (Å²) >= 11 is 0. The fourth-order valence-corrected chi connectivity index (χ4v) is 1.60. The van der Waals surface area contributed by atoms with Crippen LogP contribution in [-0.2, 0) is 14.3 Å². The number of amides is 2. The third-order valence-corrected chi connectivity index (χ3v) is 2.62. The molecule has 0 radical (unpaired) electrons. The van der Waals surface area contributed by atoms with E-state index in [1.54, 1.807) is 4.90 Å². The van der Waals surface area contributed by atoms with E-state index in [1.165, 1.54) is 6.20 Å². The van der Waals surface area contributed by atoms with Gasteiger partial charge in [0.15, 0.2) is 0 Å². The summed E-state index contributed by atoms with van der Waals surface area (Å²) in [6.07, 6.45) is 2.79. The first kappa shape index (κ1) is 15.0. The second-order valence-electron chi connectivity index (χ2n) is 3.95. The molecule has 0 aliphatic carbocycles. The van der Waals surface area contributed by atoms with Crippen molar-refractivity contribution in [3.05, 3.63) is 11.8 Å². The Labute approximate surface area is 112 Å². The maximum Gasteiger partial charge on any atom is 0.266 e. The first-order valence-electron chi connectivity index (χ1n) is 6.17. The number of hydrogen-bond acceptors (Lipinski definition) is 5. The van der Waals surface area contributed by atoms with Gasteiger partial charge in [0.1, 0.15) is 11.6 Å². The van der Waals surface area contributed by atoms with Crippen molar-refractivity contribution in [1.82, 2.24) is 15.5 Å². The third-order valence-electron chi connectivity index (χ3n) is 2.62. The molecule has 1 fully saturated rings. The molecule has 1 saturated heterocycles. The van der Waals surface area contributed by atoms with Gasteiger partial charge in [0.25, 0.3) is 5.91 Å². The monoisotopic (exact) mass is 266 g/mol. The predicted molar refractivity (Wildman–Crippen MR) is 67.8 cm³/mol. The van der Waals surface area contributed by atoms with Crippen molar-refractivity contribution in [3.8, 4) is 6.07 Å². The van der Waals surface area contributed by atoms with Gasteiger partial charge in [-0.3, -0.25) is 9.59 Å². The Bertz CT molecular complexity index is 370. The number of nitrogens with zero attached hydrogens (tertiary/aromatic N) is 2. The number of morpholine rings is 1. The van der Waals surface area contributed by atoms with Crippen molar-refractivity contribution in [3.63, 3.8) is 0 Å². The highest BCUT2D eigenvalue weighted by molar-refractivity contribution is 5.97.